The first kappa shape index (κ1) is 61.3. The van der Waals surface area contributed by atoms with Crippen molar-refractivity contribution >= 4 is 11.9 Å². The van der Waals surface area contributed by atoms with Crippen molar-refractivity contribution in [2.75, 3.05) is 6.61 Å². The van der Waals surface area contributed by atoms with E-state index in [2.05, 4.69) is 50.4 Å². The monoisotopic (exact) mass is 894 g/mol. The molecule has 0 spiro atoms. The lowest BCUT2D eigenvalue weighted by Crippen LogP contribution is -2.46. The Labute approximate surface area is 396 Å². The molecule has 0 fully saturated rings. The molecular weight excluding hydrogens is 791 g/mol. The van der Waals surface area contributed by atoms with Crippen LogP contribution < -0.4 is 5.32 Å². The van der Waals surface area contributed by atoms with Gasteiger partial charge in [0.2, 0.25) is 5.91 Å². The number of hydrogen-bond acceptors (Lipinski definition) is 5. The average Bonchev–Trinajstić information content (AvgIpc) is 3.29. The van der Waals surface area contributed by atoms with Crippen LogP contribution in [0.3, 0.4) is 0 Å². The van der Waals surface area contributed by atoms with E-state index in [0.717, 1.165) is 70.6 Å². The summed E-state index contributed by atoms with van der Waals surface area (Å²) in [5.74, 6) is -0.519. The minimum Gasteiger partial charge on any atom is -0.462 e. The molecule has 0 aromatic carbocycles. The second-order valence-corrected chi connectivity index (χ2v) is 18.4. The third-order valence-electron chi connectivity index (χ3n) is 12.2. The third kappa shape index (κ3) is 45.9. The Morgan fingerprint density at radius 2 is 0.844 bits per heavy atom. The normalized spacial score (nSPS) is 13.8. The van der Waals surface area contributed by atoms with Crippen LogP contribution in [0.4, 0.5) is 0 Å². The molecular formula is C58H103NO5. The van der Waals surface area contributed by atoms with Crippen molar-refractivity contribution in [2.24, 2.45) is 0 Å². The Bertz CT molecular complexity index is 1190. The van der Waals surface area contributed by atoms with Crippen LogP contribution in [0.15, 0.2) is 72.9 Å². The average molecular weight is 894 g/mol. The molecule has 0 aliphatic carbocycles. The lowest BCUT2D eigenvalue weighted by molar-refractivity contribution is -0.151. The van der Waals surface area contributed by atoms with E-state index in [9.17, 15) is 19.8 Å². The number of allylic oxidation sites excluding steroid dienone is 12. The van der Waals surface area contributed by atoms with Gasteiger partial charge in [0.25, 0.3) is 0 Å². The Morgan fingerprint density at radius 3 is 1.27 bits per heavy atom. The van der Waals surface area contributed by atoms with Crippen LogP contribution in [-0.4, -0.2) is 46.9 Å². The maximum atomic E-state index is 13.2. The van der Waals surface area contributed by atoms with Gasteiger partial charge in [-0.2, -0.15) is 0 Å². The Hall–Kier alpha value is -2.70. The second-order valence-electron chi connectivity index (χ2n) is 18.4. The topological polar surface area (TPSA) is 95.9 Å². The highest BCUT2D eigenvalue weighted by Gasteiger charge is 2.24. The Balaban J connectivity index is 4.63. The summed E-state index contributed by atoms with van der Waals surface area (Å²) in [6, 6.07) is -0.712. The van der Waals surface area contributed by atoms with Crippen LogP contribution in [0.2, 0.25) is 0 Å². The number of hydrogen-bond donors (Lipinski definition) is 3. The molecule has 0 saturated carbocycles. The van der Waals surface area contributed by atoms with E-state index in [4.69, 9.17) is 4.74 Å². The van der Waals surface area contributed by atoms with Gasteiger partial charge in [0.15, 0.2) is 0 Å². The van der Waals surface area contributed by atoms with Crippen LogP contribution in [0.25, 0.3) is 0 Å². The van der Waals surface area contributed by atoms with Gasteiger partial charge >= 0.3 is 5.97 Å². The van der Waals surface area contributed by atoms with E-state index in [0.29, 0.717) is 19.3 Å². The molecule has 6 nitrogen and oxygen atoms in total. The first-order valence-electron chi connectivity index (χ1n) is 27.2. The predicted octanol–water partition coefficient (Wildman–Crippen LogP) is 16.6. The molecule has 0 aromatic heterocycles. The van der Waals surface area contributed by atoms with Crippen molar-refractivity contribution in [1.29, 1.82) is 0 Å². The highest BCUT2D eigenvalue weighted by Crippen LogP contribution is 2.18. The molecule has 0 heterocycles. The minimum absolute atomic E-state index is 0.0592. The van der Waals surface area contributed by atoms with Gasteiger partial charge in [-0.15, -0.1) is 0 Å². The van der Waals surface area contributed by atoms with Crippen LogP contribution in [0, 0.1) is 0 Å². The number of esters is 1. The number of aliphatic hydroxyl groups excluding tert-OH is 2. The van der Waals surface area contributed by atoms with Gasteiger partial charge < -0.3 is 20.3 Å². The zero-order valence-corrected chi connectivity index (χ0v) is 42.1. The molecule has 3 atom stereocenters. The summed E-state index contributed by atoms with van der Waals surface area (Å²) in [7, 11) is 0. The van der Waals surface area contributed by atoms with E-state index in [-0.39, 0.29) is 24.9 Å². The van der Waals surface area contributed by atoms with Gasteiger partial charge in [0.1, 0.15) is 6.10 Å². The van der Waals surface area contributed by atoms with Gasteiger partial charge in [-0.1, -0.05) is 273 Å². The fourth-order valence-corrected chi connectivity index (χ4v) is 8.11. The van der Waals surface area contributed by atoms with Gasteiger partial charge in [-0.25, -0.2) is 0 Å². The number of aliphatic hydroxyl groups is 2. The molecule has 1 amide bonds. The van der Waals surface area contributed by atoms with Gasteiger partial charge in [-0.05, 0) is 44.9 Å². The summed E-state index contributed by atoms with van der Waals surface area (Å²) in [6.45, 7) is 6.35. The molecule has 0 aliphatic rings. The SMILES string of the molecule is CC\C=C/C=C/C=C/C=C\C=C\C=C\CCCCCC(=O)OC(CCCCCCCCCCCCCCC)CC(=O)NC(CO)C(O)CCCCCCCCCCCCCCCCC. The number of rotatable bonds is 48. The van der Waals surface area contributed by atoms with Crippen molar-refractivity contribution in [3.63, 3.8) is 0 Å². The summed E-state index contributed by atoms with van der Waals surface area (Å²) < 4.78 is 5.93. The van der Waals surface area contributed by atoms with Crippen molar-refractivity contribution in [2.45, 2.75) is 277 Å². The fraction of sp³-hybridized carbons (Fsp3) is 0.759. The van der Waals surface area contributed by atoms with Gasteiger partial charge in [-0.3, -0.25) is 9.59 Å². The summed E-state index contributed by atoms with van der Waals surface area (Å²) in [5.41, 5.74) is 0. The molecule has 0 radical (unpaired) electrons. The lowest BCUT2D eigenvalue weighted by atomic mass is 10.0. The number of ether oxygens (including phenoxy) is 1. The number of carbonyl (C=O) groups is 2. The van der Waals surface area contributed by atoms with Crippen LogP contribution in [0.1, 0.15) is 258 Å². The highest BCUT2D eigenvalue weighted by atomic mass is 16.5. The zero-order valence-electron chi connectivity index (χ0n) is 42.1. The van der Waals surface area contributed by atoms with Crippen molar-refractivity contribution < 1.29 is 24.5 Å². The van der Waals surface area contributed by atoms with E-state index >= 15 is 0 Å². The molecule has 0 aliphatic heterocycles. The number of nitrogens with one attached hydrogen (secondary N) is 1. The summed E-state index contributed by atoms with van der Waals surface area (Å²) >= 11 is 0. The summed E-state index contributed by atoms with van der Waals surface area (Å²) in [4.78, 5) is 26.2. The van der Waals surface area contributed by atoms with Crippen LogP contribution in [0.5, 0.6) is 0 Å². The second kappa shape index (κ2) is 51.3. The van der Waals surface area contributed by atoms with E-state index < -0.39 is 18.2 Å². The molecule has 3 unspecified atom stereocenters. The Kier molecular flexibility index (Phi) is 49.1. The molecule has 6 heteroatoms. The van der Waals surface area contributed by atoms with E-state index in [1.54, 1.807) is 0 Å². The number of carbonyl (C=O) groups excluding carboxylic acids is 2. The molecule has 370 valence electrons. The van der Waals surface area contributed by atoms with Crippen molar-refractivity contribution in [3.8, 4) is 0 Å². The zero-order chi connectivity index (χ0) is 46.7. The molecule has 0 saturated heterocycles. The van der Waals surface area contributed by atoms with Gasteiger partial charge in [0, 0.05) is 6.42 Å². The van der Waals surface area contributed by atoms with E-state index in [1.807, 2.05) is 48.6 Å². The first-order valence-corrected chi connectivity index (χ1v) is 27.2. The molecule has 0 rings (SSSR count). The summed E-state index contributed by atoms with van der Waals surface area (Å²) in [5, 5.41) is 23.8. The van der Waals surface area contributed by atoms with Crippen LogP contribution in [-0.2, 0) is 14.3 Å². The largest absolute Gasteiger partial charge is 0.462 e. The Morgan fingerprint density at radius 1 is 0.469 bits per heavy atom. The third-order valence-corrected chi connectivity index (χ3v) is 12.2. The predicted molar refractivity (Wildman–Crippen MR) is 278 cm³/mol. The lowest BCUT2D eigenvalue weighted by Gasteiger charge is -2.24. The smallest absolute Gasteiger partial charge is 0.306 e. The fourth-order valence-electron chi connectivity index (χ4n) is 8.11. The minimum atomic E-state index is -0.797. The number of unbranched alkanes of at least 4 members (excludes halogenated alkanes) is 29. The standard InChI is InChI=1S/C58H103NO5/c1-4-7-10-13-16-19-22-25-27-28-30-33-36-39-42-45-48-51-58(63)64-54(49-46-43-40-37-34-31-24-21-18-15-12-9-6-3)52-57(62)59-55(53-60)56(61)50-47-44-41-38-35-32-29-26-23-20-17-14-11-8-5-2/h7,10,13,16,19,22,25,27-28,30,33,36,54-56,60-61H,4-6,8-9,11-12,14-15,17-18,20-21,23-24,26,29,31-32,34-35,37-53H2,1-3H3,(H,59,62)/b10-7-,16-13+,22-19+,27-25-,30-28+,36-33+. The molecule has 0 bridgehead atoms. The van der Waals surface area contributed by atoms with Crippen molar-refractivity contribution in [3.05, 3.63) is 72.9 Å². The molecule has 3 N–H and O–H groups in total. The van der Waals surface area contributed by atoms with Crippen LogP contribution >= 0.6 is 0 Å². The first-order chi connectivity index (χ1) is 31.5. The van der Waals surface area contributed by atoms with Gasteiger partial charge in [0.05, 0.1) is 25.2 Å². The molecule has 0 aromatic rings. The summed E-state index contributed by atoms with van der Waals surface area (Å²) in [6.07, 6.45) is 65.3. The maximum Gasteiger partial charge on any atom is 0.306 e. The molecule has 64 heavy (non-hydrogen) atoms. The van der Waals surface area contributed by atoms with E-state index in [1.165, 1.54) is 141 Å². The number of amides is 1. The quantitative estimate of drug-likeness (QED) is 0.0321. The highest BCUT2D eigenvalue weighted by molar-refractivity contribution is 5.77. The maximum absolute atomic E-state index is 13.2. The van der Waals surface area contributed by atoms with Crippen molar-refractivity contribution in [1.82, 2.24) is 5.32 Å².